The SMILES string of the molecule is CSCc1ccc(-c2cccc(C)c2)cc1. The van der Waals surface area contributed by atoms with E-state index in [1.807, 2.05) is 11.8 Å². The van der Waals surface area contributed by atoms with Gasteiger partial charge in [-0.1, -0.05) is 54.1 Å². The fourth-order valence-corrected chi connectivity index (χ4v) is 2.31. The average molecular weight is 228 g/mol. The summed E-state index contributed by atoms with van der Waals surface area (Å²) in [6.45, 7) is 2.13. The second-order valence-electron chi connectivity index (χ2n) is 4.00. The lowest BCUT2D eigenvalue weighted by Crippen LogP contribution is -1.82. The molecule has 0 saturated heterocycles. The second kappa shape index (κ2) is 5.22. The zero-order valence-electron chi connectivity index (χ0n) is 9.73. The molecule has 82 valence electrons. The van der Waals surface area contributed by atoms with Gasteiger partial charge in [0.2, 0.25) is 0 Å². The molecular formula is C15H16S. The largest absolute Gasteiger partial charge is 0.161 e. The van der Waals surface area contributed by atoms with Gasteiger partial charge < -0.3 is 0 Å². The van der Waals surface area contributed by atoms with Crippen LogP contribution in [0.15, 0.2) is 48.5 Å². The van der Waals surface area contributed by atoms with Crippen LogP contribution in [0.1, 0.15) is 11.1 Å². The molecule has 0 N–H and O–H groups in total. The van der Waals surface area contributed by atoms with Crippen molar-refractivity contribution in [2.45, 2.75) is 12.7 Å². The van der Waals surface area contributed by atoms with Crippen molar-refractivity contribution in [3.05, 3.63) is 59.7 Å². The van der Waals surface area contributed by atoms with Gasteiger partial charge in [-0.3, -0.25) is 0 Å². The van der Waals surface area contributed by atoms with E-state index in [1.165, 1.54) is 22.3 Å². The van der Waals surface area contributed by atoms with E-state index in [1.54, 1.807) is 0 Å². The lowest BCUT2D eigenvalue weighted by molar-refractivity contribution is 1.41. The van der Waals surface area contributed by atoms with Gasteiger partial charge in [-0.15, -0.1) is 0 Å². The number of thioether (sulfide) groups is 1. The molecule has 0 saturated carbocycles. The van der Waals surface area contributed by atoms with Crippen LogP contribution < -0.4 is 0 Å². The normalized spacial score (nSPS) is 10.4. The first kappa shape index (κ1) is 11.3. The van der Waals surface area contributed by atoms with Crippen LogP contribution >= 0.6 is 11.8 Å². The highest BCUT2D eigenvalue weighted by Gasteiger charge is 1.98. The molecule has 0 aromatic heterocycles. The third-order valence-corrected chi connectivity index (χ3v) is 3.24. The van der Waals surface area contributed by atoms with Gasteiger partial charge in [-0.2, -0.15) is 11.8 Å². The molecule has 0 spiro atoms. The van der Waals surface area contributed by atoms with Gasteiger partial charge in [-0.25, -0.2) is 0 Å². The number of rotatable bonds is 3. The van der Waals surface area contributed by atoms with Gasteiger partial charge in [0.05, 0.1) is 0 Å². The molecule has 0 aliphatic carbocycles. The summed E-state index contributed by atoms with van der Waals surface area (Å²) in [6.07, 6.45) is 2.13. The maximum atomic E-state index is 2.23. The molecule has 0 aliphatic rings. The first-order valence-electron chi connectivity index (χ1n) is 5.44. The minimum Gasteiger partial charge on any atom is -0.161 e. The van der Waals surface area contributed by atoms with Gasteiger partial charge >= 0.3 is 0 Å². The molecule has 0 heterocycles. The van der Waals surface area contributed by atoms with Gasteiger partial charge in [0.15, 0.2) is 0 Å². The van der Waals surface area contributed by atoms with Crippen molar-refractivity contribution >= 4 is 11.8 Å². The average Bonchev–Trinajstić information content (AvgIpc) is 2.30. The Bertz CT molecular complexity index is 457. The van der Waals surface area contributed by atoms with Gasteiger partial charge in [0.25, 0.3) is 0 Å². The van der Waals surface area contributed by atoms with E-state index < -0.39 is 0 Å². The van der Waals surface area contributed by atoms with E-state index in [0.29, 0.717) is 0 Å². The number of aryl methyl sites for hydroxylation is 1. The minimum absolute atomic E-state index is 1.09. The predicted octanol–water partition coefficient (Wildman–Crippen LogP) is 4.53. The Hall–Kier alpha value is -1.21. The molecule has 1 heteroatoms. The third-order valence-electron chi connectivity index (χ3n) is 2.62. The fourth-order valence-electron chi connectivity index (χ4n) is 1.78. The van der Waals surface area contributed by atoms with Crippen molar-refractivity contribution in [2.75, 3.05) is 6.26 Å². The van der Waals surface area contributed by atoms with Gasteiger partial charge in [0, 0.05) is 5.75 Å². The number of hydrogen-bond donors (Lipinski definition) is 0. The summed E-state index contributed by atoms with van der Waals surface area (Å²) in [6, 6.07) is 17.5. The lowest BCUT2D eigenvalue weighted by atomic mass is 10.0. The Morgan fingerprint density at radius 3 is 2.31 bits per heavy atom. The van der Waals surface area contributed by atoms with E-state index in [9.17, 15) is 0 Å². The minimum atomic E-state index is 1.09. The summed E-state index contributed by atoms with van der Waals surface area (Å²) >= 11 is 1.86. The van der Waals surface area contributed by atoms with Crippen molar-refractivity contribution in [2.24, 2.45) is 0 Å². The maximum absolute atomic E-state index is 2.23. The molecule has 0 fully saturated rings. The molecule has 0 atom stereocenters. The first-order valence-corrected chi connectivity index (χ1v) is 6.84. The van der Waals surface area contributed by atoms with Crippen LogP contribution in [0.3, 0.4) is 0 Å². The van der Waals surface area contributed by atoms with E-state index in [0.717, 1.165) is 5.75 Å². The maximum Gasteiger partial charge on any atom is 0.0181 e. The molecule has 0 amide bonds. The Kier molecular flexibility index (Phi) is 3.68. The van der Waals surface area contributed by atoms with Crippen molar-refractivity contribution < 1.29 is 0 Å². The molecule has 16 heavy (non-hydrogen) atoms. The van der Waals surface area contributed by atoms with E-state index in [4.69, 9.17) is 0 Å². The third kappa shape index (κ3) is 2.67. The zero-order chi connectivity index (χ0) is 11.4. The molecule has 2 aromatic carbocycles. The molecule has 0 radical (unpaired) electrons. The monoisotopic (exact) mass is 228 g/mol. The van der Waals surface area contributed by atoms with Crippen molar-refractivity contribution in [1.29, 1.82) is 0 Å². The highest BCUT2D eigenvalue weighted by atomic mass is 32.2. The molecular weight excluding hydrogens is 212 g/mol. The van der Waals surface area contributed by atoms with E-state index in [-0.39, 0.29) is 0 Å². The Balaban J connectivity index is 2.27. The first-order chi connectivity index (χ1) is 7.79. The summed E-state index contributed by atoms with van der Waals surface area (Å²) in [5.74, 6) is 1.09. The predicted molar refractivity (Wildman–Crippen MR) is 73.8 cm³/mol. The van der Waals surface area contributed by atoms with E-state index in [2.05, 4.69) is 61.7 Å². The summed E-state index contributed by atoms with van der Waals surface area (Å²) in [7, 11) is 0. The van der Waals surface area contributed by atoms with Crippen LogP contribution in [-0.4, -0.2) is 6.26 Å². The number of hydrogen-bond acceptors (Lipinski definition) is 1. The van der Waals surface area contributed by atoms with Crippen molar-refractivity contribution in [1.82, 2.24) is 0 Å². The van der Waals surface area contributed by atoms with Crippen LogP contribution in [0.5, 0.6) is 0 Å². The van der Waals surface area contributed by atoms with Crippen molar-refractivity contribution in [3.63, 3.8) is 0 Å². The second-order valence-corrected chi connectivity index (χ2v) is 4.87. The Morgan fingerprint density at radius 2 is 1.69 bits per heavy atom. The van der Waals surface area contributed by atoms with Gasteiger partial charge in [-0.05, 0) is 29.9 Å². The summed E-state index contributed by atoms with van der Waals surface area (Å²) in [5, 5.41) is 0. The van der Waals surface area contributed by atoms with Crippen LogP contribution in [0.4, 0.5) is 0 Å². The van der Waals surface area contributed by atoms with Crippen LogP contribution in [-0.2, 0) is 5.75 Å². The Labute approximate surface area is 102 Å². The fraction of sp³-hybridized carbons (Fsp3) is 0.200. The quantitative estimate of drug-likeness (QED) is 0.744. The number of benzene rings is 2. The molecule has 0 bridgehead atoms. The topological polar surface area (TPSA) is 0 Å². The molecule has 2 rings (SSSR count). The molecule has 0 nitrogen and oxygen atoms in total. The van der Waals surface area contributed by atoms with Crippen molar-refractivity contribution in [3.8, 4) is 11.1 Å². The van der Waals surface area contributed by atoms with E-state index >= 15 is 0 Å². The van der Waals surface area contributed by atoms with Crippen LogP contribution in [0.2, 0.25) is 0 Å². The molecule has 0 unspecified atom stereocenters. The lowest BCUT2D eigenvalue weighted by Gasteiger charge is -2.04. The Morgan fingerprint density at radius 1 is 0.938 bits per heavy atom. The standard InChI is InChI=1S/C15H16S/c1-12-4-3-5-15(10-12)14-8-6-13(7-9-14)11-16-2/h3-10H,11H2,1-2H3. The zero-order valence-corrected chi connectivity index (χ0v) is 10.6. The summed E-state index contributed by atoms with van der Waals surface area (Å²) < 4.78 is 0. The highest BCUT2D eigenvalue weighted by molar-refractivity contribution is 7.97. The van der Waals surface area contributed by atoms with Gasteiger partial charge in [0.1, 0.15) is 0 Å². The van der Waals surface area contributed by atoms with Crippen LogP contribution in [0.25, 0.3) is 11.1 Å². The summed E-state index contributed by atoms with van der Waals surface area (Å²) in [5.41, 5.74) is 5.30. The molecule has 2 aromatic rings. The smallest absolute Gasteiger partial charge is 0.0181 e. The van der Waals surface area contributed by atoms with Crippen LogP contribution in [0, 0.1) is 6.92 Å². The summed E-state index contributed by atoms with van der Waals surface area (Å²) in [4.78, 5) is 0. The highest BCUT2D eigenvalue weighted by Crippen LogP contribution is 2.21. The molecule has 0 aliphatic heterocycles.